The number of benzene rings is 1. The van der Waals surface area contributed by atoms with Crippen molar-refractivity contribution in [1.29, 1.82) is 0 Å². The zero-order valence-corrected chi connectivity index (χ0v) is 15.8. The number of carbonyl (C=O) groups excluding carboxylic acids is 2. The Bertz CT molecular complexity index is 821. The Morgan fingerprint density at radius 1 is 1.37 bits per heavy atom. The van der Waals surface area contributed by atoms with E-state index in [0.717, 1.165) is 11.5 Å². The smallest absolute Gasteiger partial charge is 0.318 e. The lowest BCUT2D eigenvalue weighted by Gasteiger charge is -2.39. The van der Waals surface area contributed by atoms with Crippen LogP contribution in [0.3, 0.4) is 0 Å². The molecule has 1 atom stereocenters. The van der Waals surface area contributed by atoms with Crippen LogP contribution in [0.5, 0.6) is 5.75 Å². The highest BCUT2D eigenvalue weighted by atomic mass is 16.5. The normalized spacial score (nSPS) is 17.1. The molecule has 9 heteroatoms. The third-order valence-electron chi connectivity index (χ3n) is 4.71. The Labute approximate surface area is 157 Å². The monoisotopic (exact) mass is 372 g/mol. The van der Waals surface area contributed by atoms with Crippen LogP contribution in [0, 0.1) is 0 Å². The first kappa shape index (κ1) is 18.7. The highest BCUT2D eigenvalue weighted by Crippen LogP contribution is 2.24. The number of aryl methyl sites for hydroxylation is 1. The summed E-state index contributed by atoms with van der Waals surface area (Å²) < 4.78 is 6.90. The number of amides is 3. The molecule has 144 valence electrons. The van der Waals surface area contributed by atoms with Crippen molar-refractivity contribution in [2.24, 2.45) is 7.05 Å². The standard InChI is InChI=1S/C18H24N6O3/c1-13-17(25)24(14-5-4-6-15(11-14)27-3)10-9-23(13)18(26)19-8-7-16-20-12-21-22(16)2/h4-6,11-13H,7-10H2,1-3H3,(H,19,26)/t13-/m1/s1. The highest BCUT2D eigenvalue weighted by molar-refractivity contribution is 6.00. The van der Waals surface area contributed by atoms with Crippen molar-refractivity contribution in [3.05, 3.63) is 36.4 Å². The van der Waals surface area contributed by atoms with Crippen LogP contribution >= 0.6 is 0 Å². The fraction of sp³-hybridized carbons (Fsp3) is 0.444. The fourth-order valence-electron chi connectivity index (χ4n) is 3.11. The number of aromatic nitrogens is 3. The van der Waals surface area contributed by atoms with Crippen LogP contribution in [-0.2, 0) is 18.3 Å². The van der Waals surface area contributed by atoms with Crippen molar-refractivity contribution in [1.82, 2.24) is 25.0 Å². The van der Waals surface area contributed by atoms with Gasteiger partial charge in [0.15, 0.2) is 0 Å². The molecule has 0 bridgehead atoms. The molecular formula is C18H24N6O3. The van der Waals surface area contributed by atoms with E-state index in [9.17, 15) is 9.59 Å². The first-order valence-corrected chi connectivity index (χ1v) is 8.84. The average Bonchev–Trinajstić information content (AvgIpc) is 3.08. The van der Waals surface area contributed by atoms with Gasteiger partial charge in [-0.05, 0) is 19.1 Å². The molecule has 1 fully saturated rings. The van der Waals surface area contributed by atoms with Crippen LogP contribution in [0.25, 0.3) is 0 Å². The van der Waals surface area contributed by atoms with E-state index < -0.39 is 6.04 Å². The van der Waals surface area contributed by atoms with Crippen molar-refractivity contribution < 1.29 is 14.3 Å². The molecule has 0 radical (unpaired) electrons. The minimum atomic E-state index is -0.542. The van der Waals surface area contributed by atoms with Crippen LogP contribution in [0.2, 0.25) is 0 Å². The summed E-state index contributed by atoms with van der Waals surface area (Å²) in [5.41, 5.74) is 0.772. The molecule has 1 aliphatic heterocycles. The van der Waals surface area contributed by atoms with Crippen molar-refractivity contribution in [2.45, 2.75) is 19.4 Å². The van der Waals surface area contributed by atoms with Crippen LogP contribution < -0.4 is 15.0 Å². The maximum atomic E-state index is 12.8. The van der Waals surface area contributed by atoms with E-state index in [0.29, 0.717) is 31.8 Å². The second-order valence-corrected chi connectivity index (χ2v) is 6.34. The third kappa shape index (κ3) is 4.02. The number of carbonyl (C=O) groups is 2. The number of rotatable bonds is 5. The van der Waals surface area contributed by atoms with E-state index in [2.05, 4.69) is 15.4 Å². The second-order valence-electron chi connectivity index (χ2n) is 6.34. The van der Waals surface area contributed by atoms with Gasteiger partial charge in [0.25, 0.3) is 0 Å². The summed E-state index contributed by atoms with van der Waals surface area (Å²) in [5.74, 6) is 1.37. The van der Waals surface area contributed by atoms with Gasteiger partial charge in [-0.25, -0.2) is 9.78 Å². The number of piperazine rings is 1. The van der Waals surface area contributed by atoms with E-state index in [1.165, 1.54) is 6.33 Å². The number of urea groups is 1. The topological polar surface area (TPSA) is 92.6 Å². The Kier molecular flexibility index (Phi) is 5.58. The predicted molar refractivity (Wildman–Crippen MR) is 99.6 cm³/mol. The summed E-state index contributed by atoms with van der Waals surface area (Å²) in [7, 11) is 3.40. The molecule has 0 aliphatic carbocycles. The Hall–Kier alpha value is -3.10. The molecule has 1 aromatic heterocycles. The maximum Gasteiger partial charge on any atom is 0.318 e. The molecule has 3 amide bonds. The van der Waals surface area contributed by atoms with Crippen molar-refractivity contribution in [3.8, 4) is 5.75 Å². The van der Waals surface area contributed by atoms with Crippen molar-refractivity contribution >= 4 is 17.6 Å². The molecule has 0 spiro atoms. The lowest BCUT2D eigenvalue weighted by Crippen LogP contribution is -2.59. The molecule has 0 saturated carbocycles. The number of nitrogens with one attached hydrogen (secondary N) is 1. The minimum Gasteiger partial charge on any atom is -0.497 e. The first-order valence-electron chi connectivity index (χ1n) is 8.84. The summed E-state index contributed by atoms with van der Waals surface area (Å²) in [6.07, 6.45) is 2.06. The summed E-state index contributed by atoms with van der Waals surface area (Å²) in [4.78, 5) is 32.7. The van der Waals surface area contributed by atoms with E-state index >= 15 is 0 Å². The lowest BCUT2D eigenvalue weighted by molar-refractivity contribution is -0.124. The molecule has 1 aromatic carbocycles. The van der Waals surface area contributed by atoms with Crippen molar-refractivity contribution in [2.75, 3.05) is 31.6 Å². The second kappa shape index (κ2) is 8.07. The summed E-state index contributed by atoms with van der Waals surface area (Å²) in [5, 5.41) is 6.86. The van der Waals surface area contributed by atoms with E-state index in [1.54, 1.807) is 28.5 Å². The number of anilines is 1. The molecule has 1 aliphatic rings. The molecular weight excluding hydrogens is 348 g/mol. The van der Waals surface area contributed by atoms with Gasteiger partial charge >= 0.3 is 6.03 Å². The quantitative estimate of drug-likeness (QED) is 0.839. The van der Waals surface area contributed by atoms with Gasteiger partial charge in [0.05, 0.1) is 7.11 Å². The zero-order chi connectivity index (χ0) is 19.4. The molecule has 2 heterocycles. The summed E-state index contributed by atoms with van der Waals surface area (Å²) in [6, 6.07) is 6.57. The van der Waals surface area contributed by atoms with Crippen molar-refractivity contribution in [3.63, 3.8) is 0 Å². The summed E-state index contributed by atoms with van der Waals surface area (Å²) in [6.45, 7) is 3.08. The number of nitrogens with zero attached hydrogens (tertiary/aromatic N) is 5. The van der Waals surface area contributed by atoms with Gasteiger partial charge < -0.3 is 19.9 Å². The molecule has 2 aromatic rings. The van der Waals surface area contributed by atoms with Gasteiger partial charge in [0.2, 0.25) is 5.91 Å². The van der Waals surface area contributed by atoms with Crippen LogP contribution in [0.1, 0.15) is 12.7 Å². The van der Waals surface area contributed by atoms with Gasteiger partial charge in [0.1, 0.15) is 23.9 Å². The number of hydrogen-bond acceptors (Lipinski definition) is 5. The molecule has 27 heavy (non-hydrogen) atoms. The molecule has 1 saturated heterocycles. The molecule has 1 N–H and O–H groups in total. The molecule has 9 nitrogen and oxygen atoms in total. The largest absolute Gasteiger partial charge is 0.497 e. The number of methoxy groups -OCH3 is 1. The zero-order valence-electron chi connectivity index (χ0n) is 15.8. The third-order valence-corrected chi connectivity index (χ3v) is 4.71. The maximum absolute atomic E-state index is 12.8. The van der Waals surface area contributed by atoms with Crippen LogP contribution in [-0.4, -0.2) is 64.4 Å². The van der Waals surface area contributed by atoms with E-state index in [1.807, 2.05) is 31.3 Å². The Morgan fingerprint density at radius 2 is 2.19 bits per heavy atom. The van der Waals surface area contributed by atoms with Gasteiger partial charge in [-0.3, -0.25) is 9.48 Å². The SMILES string of the molecule is COc1cccc(N2CCN(C(=O)NCCc3ncnn3C)[C@H](C)C2=O)c1. The molecule has 0 unspecified atom stereocenters. The fourth-order valence-corrected chi connectivity index (χ4v) is 3.11. The van der Waals surface area contributed by atoms with Gasteiger partial charge in [-0.2, -0.15) is 5.10 Å². The van der Waals surface area contributed by atoms with E-state index in [4.69, 9.17) is 4.74 Å². The number of hydrogen-bond donors (Lipinski definition) is 1. The average molecular weight is 372 g/mol. The summed E-state index contributed by atoms with van der Waals surface area (Å²) >= 11 is 0. The highest BCUT2D eigenvalue weighted by Gasteiger charge is 2.35. The van der Waals surface area contributed by atoms with E-state index in [-0.39, 0.29) is 11.9 Å². The Balaban J connectivity index is 1.58. The van der Waals surface area contributed by atoms with Crippen LogP contribution in [0.15, 0.2) is 30.6 Å². The van der Waals surface area contributed by atoms with Crippen LogP contribution in [0.4, 0.5) is 10.5 Å². The lowest BCUT2D eigenvalue weighted by atomic mass is 10.1. The first-order chi connectivity index (χ1) is 13.0. The van der Waals surface area contributed by atoms with Gasteiger partial charge in [0, 0.05) is 44.9 Å². The molecule has 3 rings (SSSR count). The Morgan fingerprint density at radius 3 is 2.89 bits per heavy atom. The minimum absolute atomic E-state index is 0.113. The van der Waals surface area contributed by atoms with Gasteiger partial charge in [-0.15, -0.1) is 0 Å². The van der Waals surface area contributed by atoms with Gasteiger partial charge in [-0.1, -0.05) is 6.07 Å². The number of ether oxygens (including phenoxy) is 1. The predicted octanol–water partition coefficient (Wildman–Crippen LogP) is 0.813.